The molecule has 0 spiro atoms. The van der Waals surface area contributed by atoms with Crippen LogP contribution in [0.15, 0.2) is 22.7 Å². The first-order chi connectivity index (χ1) is 8.69. The first kappa shape index (κ1) is 16.0. The summed E-state index contributed by atoms with van der Waals surface area (Å²) in [6, 6.07) is 6.62. The van der Waals surface area contributed by atoms with Gasteiger partial charge in [0, 0.05) is 10.5 Å². The molecule has 3 heteroatoms. The minimum absolute atomic E-state index is 0.431. The fourth-order valence-corrected chi connectivity index (χ4v) is 2.67. The maximum atomic E-state index is 6.02. The number of unbranched alkanes of at least 4 members (excludes halogenated alkanes) is 4. The molecule has 1 nitrogen and oxygen atoms in total. The maximum Gasteiger partial charge on any atom is 0.0548 e. The van der Waals surface area contributed by atoms with Crippen molar-refractivity contribution in [2.24, 2.45) is 0 Å². The molecule has 18 heavy (non-hydrogen) atoms. The van der Waals surface area contributed by atoms with Crippen molar-refractivity contribution in [3.8, 4) is 0 Å². The van der Waals surface area contributed by atoms with Gasteiger partial charge >= 0.3 is 0 Å². The van der Waals surface area contributed by atoms with Gasteiger partial charge in [0.25, 0.3) is 0 Å². The second kappa shape index (κ2) is 8.95. The third kappa shape index (κ3) is 5.29. The maximum absolute atomic E-state index is 6.02. The number of rotatable bonds is 8. The fourth-order valence-electron chi connectivity index (χ4n) is 2.16. The number of benzene rings is 1. The van der Waals surface area contributed by atoms with E-state index in [0.717, 1.165) is 9.50 Å². The summed E-state index contributed by atoms with van der Waals surface area (Å²) in [7, 11) is 2.03. The summed E-state index contributed by atoms with van der Waals surface area (Å²) in [5.41, 5.74) is 1.31. The van der Waals surface area contributed by atoms with Gasteiger partial charge in [-0.2, -0.15) is 0 Å². The third-order valence-corrected chi connectivity index (χ3v) is 4.50. The molecule has 1 N–H and O–H groups in total. The van der Waals surface area contributed by atoms with E-state index in [1.807, 2.05) is 13.1 Å². The van der Waals surface area contributed by atoms with E-state index in [-0.39, 0.29) is 0 Å². The first-order valence-electron chi connectivity index (χ1n) is 6.81. The molecule has 0 amide bonds. The van der Waals surface area contributed by atoms with E-state index in [1.165, 1.54) is 44.1 Å². The average Bonchev–Trinajstić information content (AvgIpc) is 2.37. The average molecular weight is 333 g/mol. The Kier molecular flexibility index (Phi) is 7.96. The van der Waals surface area contributed by atoms with E-state index >= 15 is 0 Å². The van der Waals surface area contributed by atoms with Gasteiger partial charge in [-0.15, -0.1) is 0 Å². The van der Waals surface area contributed by atoms with Crippen molar-refractivity contribution >= 4 is 27.5 Å². The predicted molar refractivity (Wildman–Crippen MR) is 84.3 cm³/mol. The van der Waals surface area contributed by atoms with Crippen LogP contribution in [0.1, 0.15) is 57.1 Å². The zero-order valence-corrected chi connectivity index (χ0v) is 13.6. The molecule has 0 aliphatic carbocycles. The van der Waals surface area contributed by atoms with Gasteiger partial charge in [0.05, 0.1) is 5.02 Å². The van der Waals surface area contributed by atoms with Gasteiger partial charge in [0.2, 0.25) is 0 Å². The van der Waals surface area contributed by atoms with Gasteiger partial charge in [-0.3, -0.25) is 0 Å². The Bertz CT molecular complexity index is 354. The Hall–Kier alpha value is -0.0500. The summed E-state index contributed by atoms with van der Waals surface area (Å²) >= 11 is 9.51. The Morgan fingerprint density at radius 1 is 1.22 bits per heavy atom. The number of hydrogen-bond acceptors (Lipinski definition) is 1. The van der Waals surface area contributed by atoms with Crippen molar-refractivity contribution < 1.29 is 0 Å². The highest BCUT2D eigenvalue weighted by atomic mass is 79.9. The highest BCUT2D eigenvalue weighted by molar-refractivity contribution is 9.10. The van der Waals surface area contributed by atoms with E-state index in [9.17, 15) is 0 Å². The topological polar surface area (TPSA) is 12.0 Å². The molecule has 1 unspecified atom stereocenters. The van der Waals surface area contributed by atoms with Crippen LogP contribution in [0.5, 0.6) is 0 Å². The zero-order valence-electron chi connectivity index (χ0n) is 11.3. The van der Waals surface area contributed by atoms with E-state index < -0.39 is 0 Å². The molecule has 1 aromatic carbocycles. The molecular formula is C15H23BrClN. The lowest BCUT2D eigenvalue weighted by atomic mass is 10.00. The summed E-state index contributed by atoms with van der Waals surface area (Å²) in [6.45, 7) is 2.25. The molecule has 0 heterocycles. The van der Waals surface area contributed by atoms with Crippen molar-refractivity contribution in [1.82, 2.24) is 5.32 Å². The van der Waals surface area contributed by atoms with Gasteiger partial charge in [-0.1, -0.05) is 56.7 Å². The van der Waals surface area contributed by atoms with Crippen LogP contribution in [-0.4, -0.2) is 7.05 Å². The SMILES string of the molecule is CCCCCCCC(NC)c1ccc(Cl)c(Br)c1. The summed E-state index contributed by atoms with van der Waals surface area (Å²) in [5, 5.41) is 4.17. The van der Waals surface area contributed by atoms with E-state index in [0.29, 0.717) is 6.04 Å². The van der Waals surface area contributed by atoms with E-state index in [4.69, 9.17) is 11.6 Å². The van der Waals surface area contributed by atoms with Crippen LogP contribution in [-0.2, 0) is 0 Å². The lowest BCUT2D eigenvalue weighted by Crippen LogP contribution is -2.16. The largest absolute Gasteiger partial charge is 0.313 e. The van der Waals surface area contributed by atoms with Crippen LogP contribution < -0.4 is 5.32 Å². The van der Waals surface area contributed by atoms with Crippen molar-refractivity contribution in [3.05, 3.63) is 33.3 Å². The van der Waals surface area contributed by atoms with Crippen molar-refractivity contribution in [1.29, 1.82) is 0 Å². The van der Waals surface area contributed by atoms with Gasteiger partial charge in [0.15, 0.2) is 0 Å². The number of halogens is 2. The van der Waals surface area contributed by atoms with Gasteiger partial charge < -0.3 is 5.32 Å². The minimum Gasteiger partial charge on any atom is -0.313 e. The molecular weight excluding hydrogens is 310 g/mol. The summed E-state index contributed by atoms with van der Waals surface area (Å²) in [6.07, 6.45) is 7.83. The smallest absolute Gasteiger partial charge is 0.0548 e. The molecule has 1 atom stereocenters. The summed E-state index contributed by atoms with van der Waals surface area (Å²) < 4.78 is 0.980. The molecule has 0 aliphatic heterocycles. The predicted octanol–water partition coefficient (Wildman–Crippen LogP) is 5.72. The highest BCUT2D eigenvalue weighted by Gasteiger charge is 2.10. The molecule has 1 rings (SSSR count). The highest BCUT2D eigenvalue weighted by Crippen LogP contribution is 2.28. The van der Waals surface area contributed by atoms with E-state index in [2.05, 4.69) is 40.3 Å². The molecule has 0 fully saturated rings. The van der Waals surface area contributed by atoms with Crippen LogP contribution >= 0.6 is 27.5 Å². The third-order valence-electron chi connectivity index (χ3n) is 3.29. The molecule has 0 aliphatic rings. The van der Waals surface area contributed by atoms with Crippen molar-refractivity contribution in [3.63, 3.8) is 0 Å². The normalized spacial score (nSPS) is 12.7. The van der Waals surface area contributed by atoms with Crippen LogP contribution in [0.2, 0.25) is 5.02 Å². The van der Waals surface area contributed by atoms with Crippen molar-refractivity contribution in [2.75, 3.05) is 7.05 Å². The van der Waals surface area contributed by atoms with Crippen LogP contribution in [0, 0.1) is 0 Å². The molecule has 0 saturated carbocycles. The molecule has 1 aromatic rings. The van der Waals surface area contributed by atoms with Gasteiger partial charge in [-0.05, 0) is 47.1 Å². The van der Waals surface area contributed by atoms with E-state index in [1.54, 1.807) is 0 Å². The van der Waals surface area contributed by atoms with Crippen LogP contribution in [0.25, 0.3) is 0 Å². The minimum atomic E-state index is 0.431. The quantitative estimate of drug-likeness (QED) is 0.600. The molecule has 0 aromatic heterocycles. The molecule has 0 radical (unpaired) electrons. The number of nitrogens with one attached hydrogen (secondary N) is 1. The lowest BCUT2D eigenvalue weighted by molar-refractivity contribution is 0.500. The zero-order chi connectivity index (χ0) is 13.4. The molecule has 0 saturated heterocycles. The Balaban J connectivity index is 2.47. The number of hydrogen-bond donors (Lipinski definition) is 1. The van der Waals surface area contributed by atoms with Crippen molar-refractivity contribution in [2.45, 2.75) is 51.5 Å². The fraction of sp³-hybridized carbons (Fsp3) is 0.600. The van der Waals surface area contributed by atoms with Gasteiger partial charge in [0.1, 0.15) is 0 Å². The summed E-state index contributed by atoms with van der Waals surface area (Å²) in [5.74, 6) is 0. The molecule has 102 valence electrons. The van der Waals surface area contributed by atoms with Crippen LogP contribution in [0.4, 0.5) is 0 Å². The lowest BCUT2D eigenvalue weighted by Gasteiger charge is -2.17. The van der Waals surface area contributed by atoms with Gasteiger partial charge in [-0.25, -0.2) is 0 Å². The first-order valence-corrected chi connectivity index (χ1v) is 7.98. The second-order valence-electron chi connectivity index (χ2n) is 4.72. The second-order valence-corrected chi connectivity index (χ2v) is 5.98. The molecule has 0 bridgehead atoms. The van der Waals surface area contributed by atoms with Crippen LogP contribution in [0.3, 0.4) is 0 Å². The monoisotopic (exact) mass is 331 g/mol. The Morgan fingerprint density at radius 3 is 2.56 bits per heavy atom. The Labute approximate surface area is 124 Å². The Morgan fingerprint density at radius 2 is 1.94 bits per heavy atom. The summed E-state index contributed by atoms with van der Waals surface area (Å²) in [4.78, 5) is 0. The standard InChI is InChI=1S/C15H23BrClN/c1-3-4-5-6-7-8-15(18-2)12-9-10-14(17)13(16)11-12/h9-11,15,18H,3-8H2,1-2H3.